The fourth-order valence-corrected chi connectivity index (χ4v) is 2.12. The van der Waals surface area contributed by atoms with Gasteiger partial charge in [0.2, 0.25) is 0 Å². The van der Waals surface area contributed by atoms with E-state index in [1.807, 2.05) is 32.2 Å². The minimum atomic E-state index is -1.02. The van der Waals surface area contributed by atoms with E-state index in [1.165, 1.54) is 11.9 Å². The lowest BCUT2D eigenvalue weighted by molar-refractivity contribution is -0.137. The number of likely N-dealkylation sites (N-methyl/N-ethyl adjacent to an activating group) is 1. The number of carbonyl (C=O) groups excluding carboxylic acids is 1. The highest BCUT2D eigenvalue weighted by Gasteiger charge is 2.18. The van der Waals surface area contributed by atoms with Crippen LogP contribution in [0.2, 0.25) is 0 Å². The molecule has 0 radical (unpaired) electrons. The minimum absolute atomic E-state index is 0.293. The normalized spacial score (nSPS) is 10.7. The molecule has 1 amide bonds. The maximum Gasteiger partial charge on any atom is 0.323 e. The zero-order chi connectivity index (χ0) is 14.2. The zero-order valence-electron chi connectivity index (χ0n) is 11.2. The Bertz CT molecular complexity index is 658. The van der Waals surface area contributed by atoms with Crippen molar-refractivity contribution in [1.82, 2.24) is 9.47 Å². The van der Waals surface area contributed by atoms with E-state index in [0.29, 0.717) is 5.69 Å². The molecule has 1 aromatic heterocycles. The van der Waals surface area contributed by atoms with Gasteiger partial charge in [-0.15, -0.1) is 0 Å². The van der Waals surface area contributed by atoms with E-state index in [9.17, 15) is 9.59 Å². The van der Waals surface area contributed by atoms with Gasteiger partial charge in [-0.3, -0.25) is 9.59 Å². The molecule has 1 aromatic carbocycles. The Morgan fingerprint density at radius 1 is 1.32 bits per heavy atom. The summed E-state index contributed by atoms with van der Waals surface area (Å²) in [5, 5.41) is 9.70. The Labute approximate surface area is 111 Å². The van der Waals surface area contributed by atoms with Crippen molar-refractivity contribution in [2.75, 3.05) is 13.6 Å². The van der Waals surface area contributed by atoms with Crippen LogP contribution in [0.15, 0.2) is 24.3 Å². The van der Waals surface area contributed by atoms with E-state index >= 15 is 0 Å². The van der Waals surface area contributed by atoms with Crippen LogP contribution in [0, 0.1) is 6.92 Å². The second kappa shape index (κ2) is 4.76. The Kier molecular flexibility index (Phi) is 3.29. The summed E-state index contributed by atoms with van der Waals surface area (Å²) in [6, 6.07) is 7.73. The van der Waals surface area contributed by atoms with Crippen molar-refractivity contribution >= 4 is 22.8 Å². The van der Waals surface area contributed by atoms with Gasteiger partial charge in [0, 0.05) is 25.0 Å². The predicted octanol–water partition coefficient (Wildman–Crippen LogP) is 1.64. The van der Waals surface area contributed by atoms with Crippen molar-refractivity contribution in [2.24, 2.45) is 7.05 Å². The highest BCUT2D eigenvalue weighted by Crippen LogP contribution is 2.20. The largest absolute Gasteiger partial charge is 0.480 e. The molecule has 0 saturated carbocycles. The van der Waals surface area contributed by atoms with Gasteiger partial charge >= 0.3 is 5.97 Å². The molecule has 0 spiro atoms. The third kappa shape index (κ3) is 2.45. The lowest BCUT2D eigenvalue weighted by atomic mass is 10.2. The third-order valence-electron chi connectivity index (χ3n) is 3.14. The Morgan fingerprint density at radius 3 is 2.63 bits per heavy atom. The number of rotatable bonds is 3. The zero-order valence-corrected chi connectivity index (χ0v) is 11.2. The third-order valence-corrected chi connectivity index (χ3v) is 3.14. The van der Waals surface area contributed by atoms with E-state index in [4.69, 9.17) is 5.11 Å². The molecule has 5 heteroatoms. The van der Waals surface area contributed by atoms with Gasteiger partial charge < -0.3 is 14.6 Å². The first-order valence-corrected chi connectivity index (χ1v) is 5.93. The summed E-state index contributed by atoms with van der Waals surface area (Å²) < 4.78 is 1.79. The Balaban J connectivity index is 2.42. The molecule has 0 bridgehead atoms. The van der Waals surface area contributed by atoms with Crippen LogP contribution < -0.4 is 0 Å². The molecule has 5 nitrogen and oxygen atoms in total. The summed E-state index contributed by atoms with van der Waals surface area (Å²) in [6.07, 6.45) is 0. The lowest BCUT2D eigenvalue weighted by Crippen LogP contribution is -2.33. The second-order valence-corrected chi connectivity index (χ2v) is 4.71. The number of aryl methyl sites for hydroxylation is 2. The summed E-state index contributed by atoms with van der Waals surface area (Å²) >= 11 is 0. The van der Waals surface area contributed by atoms with Gasteiger partial charge in [-0.05, 0) is 24.6 Å². The Morgan fingerprint density at radius 2 is 2.00 bits per heavy atom. The van der Waals surface area contributed by atoms with Gasteiger partial charge in [0.05, 0.1) is 0 Å². The van der Waals surface area contributed by atoms with Crippen molar-refractivity contribution in [3.05, 3.63) is 35.5 Å². The fraction of sp³-hybridized carbons (Fsp3) is 0.286. The number of hydrogen-bond donors (Lipinski definition) is 1. The molecule has 0 aliphatic carbocycles. The summed E-state index contributed by atoms with van der Waals surface area (Å²) in [4.78, 5) is 24.0. The van der Waals surface area contributed by atoms with Crippen LogP contribution in [0.1, 0.15) is 16.1 Å². The standard InChI is InChI=1S/C14H16N2O3/c1-9-4-5-10-7-12(16(3)11(10)6-9)14(19)15(2)8-13(17)18/h4-7H,8H2,1-3H3,(H,17,18). The van der Waals surface area contributed by atoms with Gasteiger partial charge in [-0.25, -0.2) is 0 Å². The number of aliphatic carboxylic acids is 1. The average Bonchev–Trinajstić information content (AvgIpc) is 2.65. The lowest BCUT2D eigenvalue weighted by Gasteiger charge is -2.14. The summed E-state index contributed by atoms with van der Waals surface area (Å²) in [6.45, 7) is 1.68. The monoisotopic (exact) mass is 260 g/mol. The van der Waals surface area contributed by atoms with Crippen molar-refractivity contribution in [2.45, 2.75) is 6.92 Å². The van der Waals surface area contributed by atoms with Crippen LogP contribution in [0.4, 0.5) is 0 Å². The molecule has 0 aliphatic heterocycles. The average molecular weight is 260 g/mol. The quantitative estimate of drug-likeness (QED) is 0.912. The molecular weight excluding hydrogens is 244 g/mol. The molecule has 100 valence electrons. The Hall–Kier alpha value is -2.30. The van der Waals surface area contributed by atoms with E-state index in [-0.39, 0.29) is 12.5 Å². The van der Waals surface area contributed by atoms with Crippen molar-refractivity contribution < 1.29 is 14.7 Å². The molecule has 2 aromatic rings. The van der Waals surface area contributed by atoms with Crippen molar-refractivity contribution in [3.63, 3.8) is 0 Å². The maximum absolute atomic E-state index is 12.2. The maximum atomic E-state index is 12.2. The number of carbonyl (C=O) groups is 2. The molecule has 0 unspecified atom stereocenters. The smallest absolute Gasteiger partial charge is 0.323 e. The molecule has 0 aliphatic rings. The van der Waals surface area contributed by atoms with Crippen LogP contribution in [0.5, 0.6) is 0 Å². The highest BCUT2D eigenvalue weighted by molar-refractivity contribution is 5.99. The first-order chi connectivity index (χ1) is 8.90. The first-order valence-electron chi connectivity index (χ1n) is 5.93. The molecular formula is C14H16N2O3. The van der Waals surface area contributed by atoms with Gasteiger partial charge in [0.25, 0.3) is 5.91 Å². The van der Waals surface area contributed by atoms with Gasteiger partial charge in [0.15, 0.2) is 0 Å². The summed E-state index contributed by atoms with van der Waals surface area (Å²) in [5.41, 5.74) is 2.57. The van der Waals surface area contributed by atoms with E-state index in [0.717, 1.165) is 16.5 Å². The number of benzene rings is 1. The molecule has 2 rings (SSSR count). The number of nitrogens with zero attached hydrogens (tertiary/aromatic N) is 2. The van der Waals surface area contributed by atoms with Crippen LogP contribution in [-0.2, 0) is 11.8 Å². The van der Waals surface area contributed by atoms with E-state index < -0.39 is 5.97 Å². The summed E-state index contributed by atoms with van der Waals surface area (Å²) in [5.74, 6) is -1.32. The molecule has 1 heterocycles. The van der Waals surface area contributed by atoms with Crippen molar-refractivity contribution in [1.29, 1.82) is 0 Å². The van der Waals surface area contributed by atoms with Gasteiger partial charge in [0.1, 0.15) is 12.2 Å². The molecule has 0 atom stereocenters. The predicted molar refractivity (Wildman–Crippen MR) is 72.3 cm³/mol. The topological polar surface area (TPSA) is 62.5 Å². The SMILES string of the molecule is Cc1ccc2cc(C(=O)N(C)CC(=O)O)n(C)c2c1. The van der Waals surface area contributed by atoms with Crippen LogP contribution in [0.25, 0.3) is 10.9 Å². The van der Waals surface area contributed by atoms with Crippen molar-refractivity contribution in [3.8, 4) is 0 Å². The molecule has 1 N–H and O–H groups in total. The van der Waals surface area contributed by atoms with Gasteiger partial charge in [-0.1, -0.05) is 12.1 Å². The minimum Gasteiger partial charge on any atom is -0.480 e. The second-order valence-electron chi connectivity index (χ2n) is 4.71. The molecule has 0 fully saturated rings. The van der Waals surface area contributed by atoms with Gasteiger partial charge in [-0.2, -0.15) is 0 Å². The molecule has 0 saturated heterocycles. The number of carboxylic acid groups (broad SMARTS) is 1. The number of carboxylic acids is 1. The number of amides is 1. The van der Waals surface area contributed by atoms with Crippen LogP contribution in [0.3, 0.4) is 0 Å². The number of fused-ring (bicyclic) bond motifs is 1. The first kappa shape index (κ1) is 13.1. The summed E-state index contributed by atoms with van der Waals surface area (Å²) in [7, 11) is 3.29. The number of aromatic nitrogens is 1. The van der Waals surface area contributed by atoms with Crippen LogP contribution in [-0.4, -0.2) is 40.0 Å². The highest BCUT2D eigenvalue weighted by atomic mass is 16.4. The van der Waals surface area contributed by atoms with Crippen LogP contribution >= 0.6 is 0 Å². The fourth-order valence-electron chi connectivity index (χ4n) is 2.12. The van der Waals surface area contributed by atoms with E-state index in [2.05, 4.69) is 0 Å². The van der Waals surface area contributed by atoms with E-state index in [1.54, 1.807) is 10.6 Å². The number of hydrogen-bond acceptors (Lipinski definition) is 2. The molecule has 19 heavy (non-hydrogen) atoms.